The van der Waals surface area contributed by atoms with Gasteiger partial charge in [0, 0.05) is 0 Å². The Morgan fingerprint density at radius 2 is 1.23 bits per heavy atom. The van der Waals surface area contributed by atoms with E-state index in [1.54, 1.807) is 0 Å². The van der Waals surface area contributed by atoms with Gasteiger partial charge in [-0.05, 0) is 31.1 Å². The van der Waals surface area contributed by atoms with Crippen molar-refractivity contribution in [2.45, 2.75) is 79.1 Å². The van der Waals surface area contributed by atoms with Crippen molar-refractivity contribution < 1.29 is 0 Å². The molecule has 0 atom stereocenters. The Kier molecular flexibility index (Phi) is 7.41. The SMILES string of the molecule is CC.CCCC1(CCC)CCCC1. The van der Waals surface area contributed by atoms with Crippen molar-refractivity contribution in [3.8, 4) is 0 Å². The van der Waals surface area contributed by atoms with Gasteiger partial charge in [0.05, 0.1) is 0 Å². The fourth-order valence-corrected chi connectivity index (χ4v) is 2.81. The molecule has 0 saturated heterocycles. The molecule has 80 valence electrons. The summed E-state index contributed by atoms with van der Waals surface area (Å²) in [5.41, 5.74) is 0.795. The highest BCUT2D eigenvalue weighted by atomic mass is 14.4. The average Bonchev–Trinajstić information content (AvgIpc) is 2.58. The second-order valence-corrected chi connectivity index (χ2v) is 4.21. The minimum Gasteiger partial charge on any atom is -0.0683 e. The zero-order valence-corrected chi connectivity index (χ0v) is 10.2. The fourth-order valence-electron chi connectivity index (χ4n) is 2.81. The van der Waals surface area contributed by atoms with Gasteiger partial charge in [-0.1, -0.05) is 53.4 Å². The van der Waals surface area contributed by atoms with Crippen molar-refractivity contribution in [3.05, 3.63) is 0 Å². The summed E-state index contributed by atoms with van der Waals surface area (Å²) in [5.74, 6) is 0. The van der Waals surface area contributed by atoms with Gasteiger partial charge in [-0.3, -0.25) is 0 Å². The summed E-state index contributed by atoms with van der Waals surface area (Å²) in [7, 11) is 0. The molecule has 1 fully saturated rings. The van der Waals surface area contributed by atoms with Crippen LogP contribution in [0.1, 0.15) is 79.1 Å². The van der Waals surface area contributed by atoms with Gasteiger partial charge in [-0.15, -0.1) is 0 Å². The molecule has 0 radical (unpaired) electrons. The average molecular weight is 184 g/mol. The molecule has 1 saturated carbocycles. The van der Waals surface area contributed by atoms with E-state index in [-0.39, 0.29) is 0 Å². The van der Waals surface area contributed by atoms with Gasteiger partial charge in [0.2, 0.25) is 0 Å². The second-order valence-electron chi connectivity index (χ2n) is 4.21. The summed E-state index contributed by atoms with van der Waals surface area (Å²) in [4.78, 5) is 0. The lowest BCUT2D eigenvalue weighted by Gasteiger charge is -2.27. The third-order valence-corrected chi connectivity index (χ3v) is 3.22. The van der Waals surface area contributed by atoms with Crippen LogP contribution in [0.2, 0.25) is 0 Å². The number of hydrogen-bond donors (Lipinski definition) is 0. The minimum absolute atomic E-state index is 0.795. The van der Waals surface area contributed by atoms with Gasteiger partial charge >= 0.3 is 0 Å². The van der Waals surface area contributed by atoms with E-state index >= 15 is 0 Å². The quantitative estimate of drug-likeness (QED) is 0.565. The first kappa shape index (κ1) is 13.0. The van der Waals surface area contributed by atoms with Gasteiger partial charge in [-0.25, -0.2) is 0 Å². The Hall–Kier alpha value is 0. The number of rotatable bonds is 4. The molecule has 0 heteroatoms. The summed E-state index contributed by atoms with van der Waals surface area (Å²) in [5, 5.41) is 0. The predicted molar refractivity (Wildman–Crippen MR) is 62.1 cm³/mol. The lowest BCUT2D eigenvalue weighted by molar-refractivity contribution is 0.243. The number of hydrogen-bond acceptors (Lipinski definition) is 0. The van der Waals surface area contributed by atoms with Crippen LogP contribution in [0.4, 0.5) is 0 Å². The molecule has 0 nitrogen and oxygen atoms in total. The normalized spacial score (nSPS) is 19.4. The maximum Gasteiger partial charge on any atom is -0.0298 e. The molecule has 1 rings (SSSR count). The van der Waals surface area contributed by atoms with E-state index in [2.05, 4.69) is 13.8 Å². The molecule has 13 heavy (non-hydrogen) atoms. The van der Waals surface area contributed by atoms with Crippen molar-refractivity contribution in [1.29, 1.82) is 0 Å². The molecule has 0 unspecified atom stereocenters. The van der Waals surface area contributed by atoms with E-state index in [1.165, 1.54) is 51.4 Å². The highest BCUT2D eigenvalue weighted by Crippen LogP contribution is 2.45. The molecule has 0 N–H and O–H groups in total. The van der Waals surface area contributed by atoms with Crippen LogP contribution < -0.4 is 0 Å². The van der Waals surface area contributed by atoms with Crippen LogP contribution in [0.5, 0.6) is 0 Å². The standard InChI is InChI=1S/C11H22.C2H6/c1-3-7-11(8-4-2)9-5-6-10-11;1-2/h3-10H2,1-2H3;1-2H3. The first-order valence-electron chi connectivity index (χ1n) is 6.33. The summed E-state index contributed by atoms with van der Waals surface area (Å²) < 4.78 is 0. The van der Waals surface area contributed by atoms with E-state index in [0.717, 1.165) is 5.41 Å². The van der Waals surface area contributed by atoms with Crippen LogP contribution >= 0.6 is 0 Å². The monoisotopic (exact) mass is 184 g/mol. The molecule has 0 amide bonds. The molecule has 0 bridgehead atoms. The molecule has 0 spiro atoms. The van der Waals surface area contributed by atoms with Crippen molar-refractivity contribution in [1.82, 2.24) is 0 Å². The smallest absolute Gasteiger partial charge is 0.0298 e. The van der Waals surface area contributed by atoms with Crippen LogP contribution in [0.15, 0.2) is 0 Å². The van der Waals surface area contributed by atoms with Crippen molar-refractivity contribution in [3.63, 3.8) is 0 Å². The minimum atomic E-state index is 0.795. The van der Waals surface area contributed by atoms with Crippen LogP contribution in [0.25, 0.3) is 0 Å². The lowest BCUT2D eigenvalue weighted by Crippen LogP contribution is -2.15. The summed E-state index contributed by atoms with van der Waals surface area (Å²) in [6, 6.07) is 0. The molecule has 1 aliphatic rings. The van der Waals surface area contributed by atoms with E-state index in [0.29, 0.717) is 0 Å². The molecule has 1 aliphatic carbocycles. The van der Waals surface area contributed by atoms with Gasteiger partial charge < -0.3 is 0 Å². The Labute approximate surface area is 85.1 Å². The topological polar surface area (TPSA) is 0 Å². The molecule has 0 aromatic heterocycles. The predicted octanol–water partition coefficient (Wildman–Crippen LogP) is 5.17. The van der Waals surface area contributed by atoms with Crippen LogP contribution in [0, 0.1) is 5.41 Å². The maximum absolute atomic E-state index is 2.33. The summed E-state index contributed by atoms with van der Waals surface area (Å²) >= 11 is 0. The van der Waals surface area contributed by atoms with E-state index < -0.39 is 0 Å². The second kappa shape index (κ2) is 7.41. The Morgan fingerprint density at radius 1 is 0.846 bits per heavy atom. The first-order chi connectivity index (χ1) is 6.33. The molecule has 0 aromatic rings. The largest absolute Gasteiger partial charge is 0.0683 e. The van der Waals surface area contributed by atoms with Crippen LogP contribution in [-0.2, 0) is 0 Å². The Balaban J connectivity index is 0.000000671. The van der Waals surface area contributed by atoms with E-state index in [1.807, 2.05) is 13.8 Å². The Bertz CT molecular complexity index is 90.6. The highest BCUT2D eigenvalue weighted by molar-refractivity contribution is 4.83. The zero-order chi connectivity index (χ0) is 10.2. The van der Waals surface area contributed by atoms with Gasteiger partial charge in [0.1, 0.15) is 0 Å². The van der Waals surface area contributed by atoms with Crippen LogP contribution in [-0.4, -0.2) is 0 Å². The van der Waals surface area contributed by atoms with Gasteiger partial charge in [-0.2, -0.15) is 0 Å². The lowest BCUT2D eigenvalue weighted by atomic mass is 9.78. The molecule has 0 aliphatic heterocycles. The maximum atomic E-state index is 2.33. The third-order valence-electron chi connectivity index (χ3n) is 3.22. The van der Waals surface area contributed by atoms with Gasteiger partial charge in [0.25, 0.3) is 0 Å². The van der Waals surface area contributed by atoms with Crippen molar-refractivity contribution in [2.24, 2.45) is 5.41 Å². The van der Waals surface area contributed by atoms with E-state index in [9.17, 15) is 0 Å². The zero-order valence-electron chi connectivity index (χ0n) is 10.2. The highest BCUT2D eigenvalue weighted by Gasteiger charge is 2.31. The molecular weight excluding hydrogens is 156 g/mol. The molecule has 0 aromatic carbocycles. The van der Waals surface area contributed by atoms with Crippen molar-refractivity contribution >= 4 is 0 Å². The Morgan fingerprint density at radius 3 is 1.54 bits per heavy atom. The van der Waals surface area contributed by atoms with Crippen LogP contribution in [0.3, 0.4) is 0 Å². The fraction of sp³-hybridized carbons (Fsp3) is 1.00. The van der Waals surface area contributed by atoms with E-state index in [4.69, 9.17) is 0 Å². The first-order valence-corrected chi connectivity index (χ1v) is 6.33. The third kappa shape index (κ3) is 4.15. The van der Waals surface area contributed by atoms with Gasteiger partial charge in [0.15, 0.2) is 0 Å². The summed E-state index contributed by atoms with van der Waals surface area (Å²) in [6.45, 7) is 8.66. The van der Waals surface area contributed by atoms with Crippen molar-refractivity contribution in [2.75, 3.05) is 0 Å². The summed E-state index contributed by atoms with van der Waals surface area (Å²) in [6.07, 6.45) is 11.8. The molecule has 0 heterocycles. The molecular formula is C13H28.